The van der Waals surface area contributed by atoms with E-state index in [1.165, 1.54) is 18.4 Å². The number of halogens is 1. The van der Waals surface area contributed by atoms with Gasteiger partial charge in [-0.1, -0.05) is 19.1 Å². The van der Waals surface area contributed by atoms with Crippen molar-refractivity contribution in [3.05, 3.63) is 34.6 Å². The second kappa shape index (κ2) is 6.49. The largest absolute Gasteiger partial charge is 0.313 e. The molecule has 1 atom stereocenters. The van der Waals surface area contributed by atoms with Crippen LogP contribution in [0.4, 0.5) is 4.39 Å². The molecule has 3 heteroatoms. The van der Waals surface area contributed by atoms with Crippen LogP contribution in [0.25, 0.3) is 0 Å². The molecule has 1 aromatic carbocycles. The van der Waals surface area contributed by atoms with Gasteiger partial charge >= 0.3 is 0 Å². The summed E-state index contributed by atoms with van der Waals surface area (Å²) in [5.74, 6) is -0.0621. The summed E-state index contributed by atoms with van der Waals surface area (Å²) in [6.45, 7) is 10.1. The zero-order valence-electron chi connectivity index (χ0n) is 12.3. The maximum atomic E-state index is 13.6. The van der Waals surface area contributed by atoms with Crippen LogP contribution < -0.4 is 5.32 Å². The lowest BCUT2D eigenvalue weighted by Crippen LogP contribution is -2.45. The van der Waals surface area contributed by atoms with E-state index in [4.69, 9.17) is 0 Å². The van der Waals surface area contributed by atoms with E-state index in [1.807, 2.05) is 26.0 Å². The molecule has 2 rings (SSSR count). The van der Waals surface area contributed by atoms with E-state index in [0.717, 1.165) is 37.3 Å². The predicted molar refractivity (Wildman–Crippen MR) is 77.8 cm³/mol. The van der Waals surface area contributed by atoms with Crippen LogP contribution in [0.15, 0.2) is 12.1 Å². The number of hydrogen-bond donors (Lipinski definition) is 1. The van der Waals surface area contributed by atoms with Crippen molar-refractivity contribution >= 4 is 0 Å². The van der Waals surface area contributed by atoms with Crippen molar-refractivity contribution in [2.24, 2.45) is 0 Å². The third-order valence-corrected chi connectivity index (χ3v) is 3.90. The molecule has 19 heavy (non-hydrogen) atoms. The maximum absolute atomic E-state index is 13.6. The molecule has 1 heterocycles. The summed E-state index contributed by atoms with van der Waals surface area (Å²) in [5.41, 5.74) is 2.75. The first kappa shape index (κ1) is 14.5. The Morgan fingerprint density at radius 2 is 2.00 bits per heavy atom. The summed E-state index contributed by atoms with van der Waals surface area (Å²) >= 11 is 0. The van der Waals surface area contributed by atoms with Crippen LogP contribution in [0.5, 0.6) is 0 Å². The smallest absolute Gasteiger partial charge is 0.129 e. The van der Waals surface area contributed by atoms with Crippen LogP contribution >= 0.6 is 0 Å². The van der Waals surface area contributed by atoms with Crippen LogP contribution in [0.3, 0.4) is 0 Å². The van der Waals surface area contributed by atoms with Gasteiger partial charge in [0.25, 0.3) is 0 Å². The number of likely N-dealkylation sites (N-methyl/N-ethyl adjacent to an activating group) is 1. The molecule has 1 fully saturated rings. The fraction of sp³-hybridized carbons (Fsp3) is 0.625. The highest BCUT2D eigenvalue weighted by molar-refractivity contribution is 5.30. The Balaban J connectivity index is 2.00. The maximum Gasteiger partial charge on any atom is 0.129 e. The molecule has 106 valence electrons. The third-order valence-electron chi connectivity index (χ3n) is 3.90. The first-order valence-electron chi connectivity index (χ1n) is 7.31. The average Bonchev–Trinajstić information content (AvgIpc) is 2.37. The molecule has 0 bridgehead atoms. The Labute approximate surface area is 116 Å². The third kappa shape index (κ3) is 3.77. The lowest BCUT2D eigenvalue weighted by atomic mass is 10.0. The Bertz CT molecular complexity index is 406. The van der Waals surface area contributed by atoms with E-state index in [9.17, 15) is 4.39 Å². The number of piperidine rings is 1. The molecule has 0 saturated carbocycles. The van der Waals surface area contributed by atoms with Gasteiger partial charge in [-0.15, -0.1) is 0 Å². The van der Waals surface area contributed by atoms with Crippen LogP contribution in [-0.2, 0) is 6.54 Å². The highest BCUT2D eigenvalue weighted by atomic mass is 19.1. The van der Waals surface area contributed by atoms with Gasteiger partial charge in [0, 0.05) is 19.1 Å². The molecule has 0 aromatic heterocycles. The zero-order chi connectivity index (χ0) is 13.8. The van der Waals surface area contributed by atoms with E-state index in [2.05, 4.69) is 17.1 Å². The van der Waals surface area contributed by atoms with Crippen molar-refractivity contribution in [3.8, 4) is 0 Å². The van der Waals surface area contributed by atoms with Crippen molar-refractivity contribution in [3.63, 3.8) is 0 Å². The summed E-state index contributed by atoms with van der Waals surface area (Å²) in [7, 11) is 0. The lowest BCUT2D eigenvalue weighted by Gasteiger charge is -2.33. The van der Waals surface area contributed by atoms with Gasteiger partial charge in [0.1, 0.15) is 5.82 Å². The number of nitrogens with one attached hydrogen (secondary N) is 1. The van der Waals surface area contributed by atoms with Gasteiger partial charge in [0.15, 0.2) is 0 Å². The van der Waals surface area contributed by atoms with Crippen molar-refractivity contribution in [2.75, 3.05) is 19.6 Å². The average molecular weight is 264 g/mol. The molecular weight excluding hydrogens is 239 g/mol. The minimum Gasteiger partial charge on any atom is -0.313 e. The number of likely N-dealkylation sites (tertiary alicyclic amines) is 1. The molecule has 1 aliphatic rings. The van der Waals surface area contributed by atoms with Crippen molar-refractivity contribution in [2.45, 2.75) is 46.2 Å². The Morgan fingerprint density at radius 3 is 2.63 bits per heavy atom. The van der Waals surface area contributed by atoms with Gasteiger partial charge < -0.3 is 5.32 Å². The molecule has 1 saturated heterocycles. The van der Waals surface area contributed by atoms with Gasteiger partial charge in [0.05, 0.1) is 0 Å². The van der Waals surface area contributed by atoms with Gasteiger partial charge in [-0.3, -0.25) is 4.90 Å². The van der Waals surface area contributed by atoms with Gasteiger partial charge in [-0.25, -0.2) is 4.39 Å². The first-order valence-corrected chi connectivity index (χ1v) is 7.31. The van der Waals surface area contributed by atoms with Crippen molar-refractivity contribution in [1.29, 1.82) is 0 Å². The summed E-state index contributed by atoms with van der Waals surface area (Å²) in [6.07, 6.45) is 2.52. The monoisotopic (exact) mass is 264 g/mol. The topological polar surface area (TPSA) is 15.3 Å². The number of aryl methyl sites for hydroxylation is 2. The Morgan fingerprint density at radius 1 is 1.32 bits per heavy atom. The molecule has 1 unspecified atom stereocenters. The fourth-order valence-electron chi connectivity index (χ4n) is 3.04. The quantitative estimate of drug-likeness (QED) is 0.899. The molecule has 0 aliphatic carbocycles. The number of benzene rings is 1. The van der Waals surface area contributed by atoms with Gasteiger partial charge in [-0.05, 0) is 56.5 Å². The van der Waals surface area contributed by atoms with Gasteiger partial charge in [0.2, 0.25) is 0 Å². The molecule has 1 aromatic rings. The number of hydrogen-bond acceptors (Lipinski definition) is 2. The molecule has 1 N–H and O–H groups in total. The molecule has 2 nitrogen and oxygen atoms in total. The van der Waals surface area contributed by atoms with Gasteiger partial charge in [-0.2, -0.15) is 0 Å². The molecular formula is C16H25FN2. The standard InChI is InChI=1S/C16H25FN2/c1-4-18-15-6-5-7-19(11-15)10-14-8-12(2)16(17)13(3)9-14/h8-9,15,18H,4-7,10-11H2,1-3H3. The van der Waals surface area contributed by atoms with Crippen molar-refractivity contribution < 1.29 is 4.39 Å². The molecule has 0 spiro atoms. The van der Waals surface area contributed by atoms with Crippen LogP contribution in [0.1, 0.15) is 36.5 Å². The minimum atomic E-state index is -0.0621. The summed E-state index contributed by atoms with van der Waals surface area (Å²) in [5, 5.41) is 3.53. The highest BCUT2D eigenvalue weighted by Gasteiger charge is 2.19. The normalized spacial score (nSPS) is 20.7. The van der Waals surface area contributed by atoms with Crippen molar-refractivity contribution in [1.82, 2.24) is 10.2 Å². The predicted octanol–water partition coefficient (Wildman–Crippen LogP) is 3.02. The van der Waals surface area contributed by atoms with E-state index < -0.39 is 0 Å². The molecule has 0 amide bonds. The first-order chi connectivity index (χ1) is 9.10. The van der Waals surface area contributed by atoms with E-state index in [0.29, 0.717) is 6.04 Å². The minimum absolute atomic E-state index is 0.0621. The second-order valence-electron chi connectivity index (χ2n) is 5.68. The summed E-state index contributed by atoms with van der Waals surface area (Å²) in [4.78, 5) is 2.48. The second-order valence-corrected chi connectivity index (χ2v) is 5.68. The highest BCUT2D eigenvalue weighted by Crippen LogP contribution is 2.18. The number of nitrogens with zero attached hydrogens (tertiary/aromatic N) is 1. The SMILES string of the molecule is CCNC1CCCN(Cc2cc(C)c(F)c(C)c2)C1. The molecule has 0 radical (unpaired) electrons. The lowest BCUT2D eigenvalue weighted by molar-refractivity contribution is 0.184. The summed E-state index contributed by atoms with van der Waals surface area (Å²) in [6, 6.07) is 4.58. The Kier molecular flexibility index (Phi) is 4.94. The Hall–Kier alpha value is -0.930. The van der Waals surface area contributed by atoms with Crippen LogP contribution in [0.2, 0.25) is 0 Å². The van der Waals surface area contributed by atoms with Crippen LogP contribution in [0, 0.1) is 19.7 Å². The van der Waals surface area contributed by atoms with E-state index in [1.54, 1.807) is 0 Å². The zero-order valence-corrected chi connectivity index (χ0v) is 12.3. The van der Waals surface area contributed by atoms with E-state index >= 15 is 0 Å². The summed E-state index contributed by atoms with van der Waals surface area (Å²) < 4.78 is 13.6. The van der Waals surface area contributed by atoms with Crippen LogP contribution in [-0.4, -0.2) is 30.6 Å². The number of rotatable bonds is 4. The molecule has 1 aliphatic heterocycles. The fourth-order valence-corrected chi connectivity index (χ4v) is 3.04. The van der Waals surface area contributed by atoms with E-state index in [-0.39, 0.29) is 5.82 Å².